The third kappa shape index (κ3) is 15.9. The minimum absolute atomic E-state index is 0.0129. The molecule has 16 rings (SSSR count). The number of hydrogen-bond donors (Lipinski definition) is 4. The third-order valence-corrected chi connectivity index (χ3v) is 24.3. The smallest absolute Gasteiger partial charge is 0.337 e. The molecule has 20 nitrogen and oxygen atoms in total. The quantitative estimate of drug-likeness (QED) is 0.0655. The molecule has 0 saturated carbocycles. The molecule has 0 radical (unpaired) electrons. The van der Waals surface area contributed by atoms with Crippen molar-refractivity contribution in [3.63, 3.8) is 0 Å². The van der Waals surface area contributed by atoms with Crippen molar-refractivity contribution in [1.29, 1.82) is 0 Å². The van der Waals surface area contributed by atoms with Crippen molar-refractivity contribution < 1.29 is 47.7 Å². The molecule has 4 fully saturated rings. The van der Waals surface area contributed by atoms with Crippen LogP contribution in [0.4, 0.5) is 11.4 Å². The minimum atomic E-state index is -0.407. The zero-order valence-corrected chi connectivity index (χ0v) is 63.9. The Kier molecular flexibility index (Phi) is 23.2. The SMILES string of the molecule is CN(C)c1ccc(C(=O)N2CCC3(CC2)COc2ccc(CN)cc23)cc1.CN(C)c1cccc(C(=O)N2CCC3(CC2)COc2ccc(CN)cc23)c1.COC(=O)c1ccc(C(=O)N2CCC3(CC2)COc2ccc(CN)cc23)cc1.CSc1cccc(C(=O)N2CCC3(CC2)COc2ccc(CN)cc23)c1. The van der Waals surface area contributed by atoms with E-state index >= 15 is 0 Å². The van der Waals surface area contributed by atoms with Crippen molar-refractivity contribution in [3.8, 4) is 23.0 Å². The number of piperidine rings is 4. The Labute approximate surface area is 638 Å². The molecular weight excluding hydrogens is 1380 g/mol. The van der Waals surface area contributed by atoms with Crippen molar-refractivity contribution in [2.24, 2.45) is 22.9 Å². The molecule has 8 aromatic rings. The minimum Gasteiger partial charge on any atom is -0.492 e. The van der Waals surface area contributed by atoms with E-state index in [2.05, 4.69) is 24.3 Å². The fourth-order valence-electron chi connectivity index (χ4n) is 16.5. The Bertz CT molecular complexity index is 4570. The number of fused-ring (bicyclic) bond motifs is 8. The van der Waals surface area contributed by atoms with Crippen LogP contribution in [0.2, 0.25) is 0 Å². The van der Waals surface area contributed by atoms with Crippen LogP contribution in [0, 0.1) is 0 Å². The van der Waals surface area contributed by atoms with Gasteiger partial charge < -0.3 is 76.0 Å². The van der Waals surface area contributed by atoms with Crippen molar-refractivity contribution in [1.82, 2.24) is 19.6 Å². The summed E-state index contributed by atoms with van der Waals surface area (Å²) >= 11 is 1.66. The summed E-state index contributed by atoms with van der Waals surface area (Å²) in [6, 6.07) is 55.1. The number of likely N-dealkylation sites (tertiary alicyclic amines) is 4. The average Bonchev–Trinajstić information content (AvgIpc) is 1.62. The van der Waals surface area contributed by atoms with Gasteiger partial charge in [0.25, 0.3) is 23.6 Å². The van der Waals surface area contributed by atoms with Crippen LogP contribution in [0.5, 0.6) is 23.0 Å². The monoisotopic (exact) mass is 1480 g/mol. The fourth-order valence-corrected chi connectivity index (χ4v) is 17.0. The van der Waals surface area contributed by atoms with Gasteiger partial charge in [-0.1, -0.05) is 60.7 Å². The van der Waals surface area contributed by atoms with Crippen molar-refractivity contribution in [3.05, 3.63) is 242 Å². The molecular formula is C87H102N10O10S. The Morgan fingerprint density at radius 2 is 0.667 bits per heavy atom. The number of nitrogens with two attached hydrogens (primary N) is 4. The molecule has 8 aliphatic rings. The fraction of sp³-hybridized carbons (Fsp3) is 0.391. The van der Waals surface area contributed by atoms with Crippen molar-refractivity contribution in [2.45, 2.75) is 104 Å². The second kappa shape index (κ2) is 32.9. The number of carbonyl (C=O) groups excluding carboxylic acids is 5. The number of benzene rings is 8. The summed E-state index contributed by atoms with van der Waals surface area (Å²) in [5, 5.41) is 0. The molecule has 8 aliphatic heterocycles. The molecule has 0 aromatic heterocycles. The Hall–Kier alpha value is -9.90. The maximum absolute atomic E-state index is 13.0. The topological polar surface area (TPSA) is 255 Å². The van der Waals surface area contributed by atoms with Gasteiger partial charge in [-0.15, -0.1) is 11.8 Å². The number of hydrogen-bond acceptors (Lipinski definition) is 17. The Morgan fingerprint density at radius 3 is 0.972 bits per heavy atom. The van der Waals surface area contributed by atoms with E-state index in [1.165, 1.54) is 29.4 Å². The summed E-state index contributed by atoms with van der Waals surface area (Å²) in [6.07, 6.45) is 9.32. The lowest BCUT2D eigenvalue weighted by atomic mass is 9.74. The number of thioether (sulfide) groups is 1. The second-order valence-corrected chi connectivity index (χ2v) is 31.1. The molecule has 566 valence electrons. The van der Waals surface area contributed by atoms with Gasteiger partial charge in [0.05, 0.1) is 39.1 Å². The zero-order valence-electron chi connectivity index (χ0n) is 63.1. The average molecular weight is 1480 g/mol. The van der Waals surface area contributed by atoms with E-state index in [-0.39, 0.29) is 45.3 Å². The summed E-state index contributed by atoms with van der Waals surface area (Å²) in [7, 11) is 9.31. The van der Waals surface area contributed by atoms with E-state index in [1.807, 2.05) is 185 Å². The molecule has 8 aromatic carbocycles. The molecule has 21 heteroatoms. The molecule has 4 amide bonds. The van der Waals surface area contributed by atoms with Gasteiger partial charge in [-0.05, 0) is 189 Å². The van der Waals surface area contributed by atoms with Crippen molar-refractivity contribution >= 4 is 52.7 Å². The van der Waals surface area contributed by atoms with Gasteiger partial charge in [0.15, 0.2) is 0 Å². The predicted molar refractivity (Wildman–Crippen MR) is 424 cm³/mol. The summed E-state index contributed by atoms with van der Waals surface area (Å²) < 4.78 is 28.5. The lowest BCUT2D eigenvalue weighted by Gasteiger charge is -2.38. The number of esters is 1. The normalized spacial score (nSPS) is 17.5. The third-order valence-electron chi connectivity index (χ3n) is 23.6. The molecule has 0 aliphatic carbocycles. The lowest BCUT2D eigenvalue weighted by molar-refractivity contribution is 0.0596. The second-order valence-electron chi connectivity index (χ2n) is 30.3. The number of methoxy groups -OCH3 is 1. The summed E-state index contributed by atoms with van der Waals surface area (Å²) in [4.78, 5) is 76.2. The van der Waals surface area contributed by atoms with E-state index in [9.17, 15) is 24.0 Å². The molecule has 0 atom stereocenters. The van der Waals surface area contributed by atoms with E-state index in [0.717, 1.165) is 169 Å². The first-order valence-corrected chi connectivity index (χ1v) is 38.9. The molecule has 4 spiro atoms. The Balaban J connectivity index is 0.000000127. The summed E-state index contributed by atoms with van der Waals surface area (Å²) in [5.74, 6) is 3.82. The largest absolute Gasteiger partial charge is 0.492 e. The first-order valence-electron chi connectivity index (χ1n) is 37.7. The van der Waals surface area contributed by atoms with Crippen LogP contribution in [0.1, 0.15) is 148 Å². The highest BCUT2D eigenvalue weighted by atomic mass is 32.2. The van der Waals surface area contributed by atoms with Gasteiger partial charge in [0.1, 0.15) is 23.0 Å². The molecule has 8 N–H and O–H groups in total. The van der Waals surface area contributed by atoms with Gasteiger partial charge in [-0.3, -0.25) is 19.2 Å². The number of amides is 4. The Morgan fingerprint density at radius 1 is 0.370 bits per heavy atom. The number of carbonyl (C=O) groups is 5. The number of ether oxygens (including phenoxy) is 5. The van der Waals surface area contributed by atoms with Crippen LogP contribution in [0.25, 0.3) is 0 Å². The number of nitrogens with zero attached hydrogens (tertiary/aromatic N) is 6. The summed E-state index contributed by atoms with van der Waals surface area (Å²) in [5.41, 5.74) is 38.3. The van der Waals surface area contributed by atoms with E-state index in [4.69, 9.17) is 46.6 Å². The standard InChI is InChI=1S/2C22H27N3O2.C22H24N2O4.C21H24N2O2S/c1-24(2)18-6-4-17(5-7-18)21(26)25-11-9-22(10-12-25)15-27-20-8-3-16(14-23)13-19(20)22;1-24(2)18-5-3-4-17(13-18)21(26)25-10-8-22(9-11-25)15-27-20-7-6-16(14-23)12-19(20)22;1-27-21(26)17-5-3-16(4-6-17)20(25)24-10-8-22(9-11-24)14-28-19-7-2-15(13-23)12-18(19)22;1-26-17-4-2-3-16(12-17)20(24)23-9-7-21(8-10-23)14-25-19-6-5-15(13-22)11-18(19)21/h3-8,13H,9-12,14-15,23H2,1-2H3;3-7,12-13H,8-11,14-15,23H2,1-2H3;2-7,12H,8-11,13-14,23H2,1H3;2-6,11-12H,7-10,13-14,22H2,1H3. The van der Waals surface area contributed by atoms with E-state index in [1.54, 1.807) is 36.0 Å². The van der Waals surface area contributed by atoms with Crippen LogP contribution < -0.4 is 51.7 Å². The molecule has 4 saturated heterocycles. The molecule has 108 heavy (non-hydrogen) atoms. The molecule has 0 bridgehead atoms. The maximum atomic E-state index is 13.0. The van der Waals surface area contributed by atoms with Crippen LogP contribution in [0.15, 0.2) is 175 Å². The van der Waals surface area contributed by atoms with E-state index < -0.39 is 5.97 Å². The van der Waals surface area contributed by atoms with Crippen molar-refractivity contribution in [2.75, 3.05) is 130 Å². The van der Waals surface area contributed by atoms with Gasteiger partial charge in [-0.25, -0.2) is 4.79 Å². The van der Waals surface area contributed by atoms with Crippen LogP contribution in [0.3, 0.4) is 0 Å². The highest BCUT2D eigenvalue weighted by Gasteiger charge is 2.48. The molecule has 8 heterocycles. The predicted octanol–water partition coefficient (Wildman–Crippen LogP) is 11.5. The molecule has 0 unspecified atom stereocenters. The highest BCUT2D eigenvalue weighted by Crippen LogP contribution is 2.50. The van der Waals surface area contributed by atoms with Gasteiger partial charge in [0.2, 0.25) is 0 Å². The van der Waals surface area contributed by atoms with Gasteiger partial charge in [-0.2, -0.15) is 0 Å². The summed E-state index contributed by atoms with van der Waals surface area (Å²) in [6.45, 7) is 10.8. The van der Waals surface area contributed by atoms with E-state index in [0.29, 0.717) is 76.8 Å². The highest BCUT2D eigenvalue weighted by molar-refractivity contribution is 7.98. The first kappa shape index (κ1) is 76.3. The number of anilines is 2. The number of rotatable bonds is 12. The van der Waals surface area contributed by atoms with Crippen LogP contribution in [-0.4, -0.2) is 170 Å². The van der Waals surface area contributed by atoms with Crippen LogP contribution >= 0.6 is 11.8 Å². The van der Waals surface area contributed by atoms with Crippen LogP contribution in [-0.2, 0) is 52.6 Å². The lowest BCUT2D eigenvalue weighted by Crippen LogP contribution is -2.46. The van der Waals surface area contributed by atoms with Gasteiger partial charge >= 0.3 is 5.97 Å². The van der Waals surface area contributed by atoms with Gasteiger partial charge in [0, 0.05) is 189 Å². The maximum Gasteiger partial charge on any atom is 0.337 e. The first-order chi connectivity index (χ1) is 52.2. The zero-order chi connectivity index (χ0) is 75.9.